The molecule has 0 amide bonds. The predicted octanol–water partition coefficient (Wildman–Crippen LogP) is 7.42. The summed E-state index contributed by atoms with van der Waals surface area (Å²) in [5.41, 5.74) is 13.8. The second-order valence-corrected chi connectivity index (χ2v) is 12.1. The summed E-state index contributed by atoms with van der Waals surface area (Å²) in [4.78, 5) is 0. The SMILES string of the molecule is [B]c1cccc2c1C1(c3cc(C(C)(C)C)ccc3-c3ccc(C(C)(C)C)cc31)c1ccccc1-2. The van der Waals surface area contributed by atoms with Gasteiger partial charge in [0.05, 0.1) is 5.41 Å². The van der Waals surface area contributed by atoms with E-state index in [1.54, 1.807) is 0 Å². The molecule has 0 aromatic heterocycles. The highest BCUT2D eigenvalue weighted by Gasteiger charge is 2.52. The van der Waals surface area contributed by atoms with Crippen molar-refractivity contribution in [3.05, 3.63) is 112 Å². The molecule has 2 aliphatic carbocycles. The molecule has 4 aromatic rings. The second-order valence-electron chi connectivity index (χ2n) is 12.1. The van der Waals surface area contributed by atoms with Crippen molar-refractivity contribution in [2.45, 2.75) is 57.8 Å². The fourth-order valence-corrected chi connectivity index (χ4v) is 6.21. The molecule has 0 N–H and O–H groups in total. The highest BCUT2D eigenvalue weighted by atomic mass is 14.5. The van der Waals surface area contributed by atoms with Gasteiger partial charge in [-0.05, 0) is 66.5 Å². The van der Waals surface area contributed by atoms with Crippen LogP contribution in [0.2, 0.25) is 0 Å². The molecule has 34 heavy (non-hydrogen) atoms. The number of hydrogen-bond acceptors (Lipinski definition) is 0. The lowest BCUT2D eigenvalue weighted by molar-refractivity contribution is 0.586. The minimum absolute atomic E-state index is 0.0603. The van der Waals surface area contributed by atoms with Gasteiger partial charge in [-0.15, -0.1) is 0 Å². The molecule has 0 aliphatic heterocycles. The van der Waals surface area contributed by atoms with Crippen LogP contribution in [0.5, 0.6) is 0 Å². The maximum atomic E-state index is 6.87. The summed E-state index contributed by atoms with van der Waals surface area (Å²) >= 11 is 0. The fraction of sp³-hybridized carbons (Fsp3) is 0.273. The Morgan fingerprint density at radius 1 is 0.529 bits per heavy atom. The van der Waals surface area contributed by atoms with Gasteiger partial charge in [0.2, 0.25) is 0 Å². The van der Waals surface area contributed by atoms with Crippen LogP contribution in [0.1, 0.15) is 74.9 Å². The molecule has 4 aromatic carbocycles. The molecule has 0 bridgehead atoms. The van der Waals surface area contributed by atoms with Crippen molar-refractivity contribution < 1.29 is 0 Å². The van der Waals surface area contributed by atoms with Crippen LogP contribution in [0.3, 0.4) is 0 Å². The largest absolute Gasteiger partial charge is 0.114 e. The molecule has 0 fully saturated rings. The van der Waals surface area contributed by atoms with Crippen LogP contribution in [0.4, 0.5) is 0 Å². The van der Waals surface area contributed by atoms with E-state index < -0.39 is 5.41 Å². The average Bonchev–Trinajstić information content (AvgIpc) is 3.25. The first-order valence-electron chi connectivity index (χ1n) is 12.3. The predicted molar refractivity (Wildman–Crippen MR) is 146 cm³/mol. The number of rotatable bonds is 0. The van der Waals surface area contributed by atoms with Crippen molar-refractivity contribution in [2.75, 3.05) is 0 Å². The van der Waals surface area contributed by atoms with Crippen molar-refractivity contribution >= 4 is 13.3 Å². The standard InChI is InChI=1S/C33H31B/c1-31(2,3)20-14-16-23-24-17-15-21(32(4,5)6)19-28(24)33(27(23)18-20)26-12-8-7-10-22(26)25-11-9-13-29(34)30(25)33/h7-19H,1-6H3. The summed E-state index contributed by atoms with van der Waals surface area (Å²) in [5, 5.41) is 0. The van der Waals surface area contributed by atoms with Gasteiger partial charge in [0.15, 0.2) is 0 Å². The van der Waals surface area contributed by atoms with Gasteiger partial charge in [0.25, 0.3) is 0 Å². The van der Waals surface area contributed by atoms with Crippen LogP contribution in [-0.4, -0.2) is 7.85 Å². The van der Waals surface area contributed by atoms with E-state index in [1.807, 2.05) is 0 Å². The van der Waals surface area contributed by atoms with E-state index in [-0.39, 0.29) is 10.8 Å². The van der Waals surface area contributed by atoms with Crippen LogP contribution in [0.25, 0.3) is 22.3 Å². The molecule has 1 heteroatoms. The molecule has 0 saturated carbocycles. The summed E-state index contributed by atoms with van der Waals surface area (Å²) in [6, 6.07) is 29.6. The molecule has 0 unspecified atom stereocenters. The smallest absolute Gasteiger partial charge is 0.0913 e. The van der Waals surface area contributed by atoms with Gasteiger partial charge < -0.3 is 0 Å². The van der Waals surface area contributed by atoms with E-state index >= 15 is 0 Å². The van der Waals surface area contributed by atoms with E-state index in [0.717, 1.165) is 5.46 Å². The summed E-state index contributed by atoms with van der Waals surface area (Å²) < 4.78 is 0. The van der Waals surface area contributed by atoms with Gasteiger partial charge in [-0.1, -0.05) is 126 Å². The van der Waals surface area contributed by atoms with E-state index in [2.05, 4.69) is 120 Å². The number of fused-ring (bicyclic) bond motifs is 10. The zero-order chi connectivity index (χ0) is 24.0. The monoisotopic (exact) mass is 438 g/mol. The minimum atomic E-state index is -0.398. The van der Waals surface area contributed by atoms with Gasteiger partial charge in [-0.2, -0.15) is 0 Å². The third kappa shape index (κ3) is 2.67. The van der Waals surface area contributed by atoms with E-state index in [1.165, 1.54) is 55.6 Å². The van der Waals surface area contributed by atoms with Crippen LogP contribution in [0.15, 0.2) is 78.9 Å². The molecule has 0 atom stereocenters. The van der Waals surface area contributed by atoms with Crippen LogP contribution >= 0.6 is 0 Å². The maximum absolute atomic E-state index is 6.87. The van der Waals surface area contributed by atoms with Gasteiger partial charge >= 0.3 is 0 Å². The van der Waals surface area contributed by atoms with Crippen molar-refractivity contribution in [3.63, 3.8) is 0 Å². The van der Waals surface area contributed by atoms with E-state index in [9.17, 15) is 0 Å². The summed E-state index contributed by atoms with van der Waals surface area (Å²) in [6.07, 6.45) is 0. The zero-order valence-electron chi connectivity index (χ0n) is 21.1. The zero-order valence-corrected chi connectivity index (χ0v) is 21.1. The molecule has 166 valence electrons. The van der Waals surface area contributed by atoms with Gasteiger partial charge in [0, 0.05) is 0 Å². The Bertz CT molecular complexity index is 1410. The second kappa shape index (κ2) is 6.75. The molecule has 0 saturated heterocycles. The topological polar surface area (TPSA) is 0 Å². The molecule has 1 spiro atoms. The number of benzene rings is 4. The Morgan fingerprint density at radius 3 is 1.59 bits per heavy atom. The molecule has 2 aliphatic rings. The quantitative estimate of drug-likeness (QED) is 0.217. The number of hydrogen-bond donors (Lipinski definition) is 0. The Morgan fingerprint density at radius 2 is 1.03 bits per heavy atom. The molecule has 0 heterocycles. The molecule has 0 nitrogen and oxygen atoms in total. The fourth-order valence-electron chi connectivity index (χ4n) is 6.21. The van der Waals surface area contributed by atoms with Gasteiger partial charge in [0.1, 0.15) is 7.85 Å². The molecule has 2 radical (unpaired) electrons. The van der Waals surface area contributed by atoms with Crippen molar-refractivity contribution in [1.29, 1.82) is 0 Å². The van der Waals surface area contributed by atoms with E-state index in [0.29, 0.717) is 0 Å². The summed E-state index contributed by atoms with van der Waals surface area (Å²) in [5.74, 6) is 0. The van der Waals surface area contributed by atoms with E-state index in [4.69, 9.17) is 7.85 Å². The Kier molecular flexibility index (Phi) is 4.27. The Hall–Kier alpha value is -3.06. The maximum Gasteiger partial charge on any atom is 0.114 e. The first-order chi connectivity index (χ1) is 16.0. The molecular formula is C33H31B. The van der Waals surface area contributed by atoms with Gasteiger partial charge in [-0.3, -0.25) is 0 Å². The van der Waals surface area contributed by atoms with Crippen LogP contribution in [0, 0.1) is 0 Å². The lowest BCUT2D eigenvalue weighted by Crippen LogP contribution is -2.32. The molecular weight excluding hydrogens is 407 g/mol. The third-order valence-corrected chi connectivity index (χ3v) is 7.96. The summed E-state index contributed by atoms with van der Waals surface area (Å²) in [6.45, 7) is 13.8. The van der Waals surface area contributed by atoms with Crippen LogP contribution < -0.4 is 5.46 Å². The normalized spacial score (nSPS) is 15.1. The lowest BCUT2D eigenvalue weighted by atomic mass is 9.66. The first-order valence-corrected chi connectivity index (χ1v) is 12.3. The Balaban J connectivity index is 1.83. The highest BCUT2D eigenvalue weighted by Crippen LogP contribution is 2.62. The van der Waals surface area contributed by atoms with Crippen molar-refractivity contribution in [2.24, 2.45) is 0 Å². The first kappa shape index (κ1) is 21.5. The van der Waals surface area contributed by atoms with Crippen molar-refractivity contribution in [1.82, 2.24) is 0 Å². The lowest BCUT2D eigenvalue weighted by Gasteiger charge is -2.34. The van der Waals surface area contributed by atoms with Crippen LogP contribution in [-0.2, 0) is 16.2 Å². The average molecular weight is 438 g/mol. The van der Waals surface area contributed by atoms with Gasteiger partial charge in [-0.25, -0.2) is 0 Å². The van der Waals surface area contributed by atoms with Crippen molar-refractivity contribution in [3.8, 4) is 22.3 Å². The minimum Gasteiger partial charge on any atom is -0.0913 e. The third-order valence-electron chi connectivity index (χ3n) is 7.96. The highest BCUT2D eigenvalue weighted by molar-refractivity contribution is 6.34. The Labute approximate surface area is 205 Å². The summed E-state index contributed by atoms with van der Waals surface area (Å²) in [7, 11) is 6.87. The molecule has 6 rings (SSSR count).